The normalized spacial score (nSPS) is 20.5. The van der Waals surface area contributed by atoms with Gasteiger partial charge in [-0.3, -0.25) is 0 Å². The molecule has 0 N–H and O–H groups in total. The highest BCUT2D eigenvalue weighted by Crippen LogP contribution is 2.52. The SMILES string of the molecule is [2H]c1c([2H])c([2H])c(-c2c([2H])c([2H])c(N(c3c([2H])c([2H])c(-c4c([2H])c([2H])c([2H])c([2H])c4[2H])c([2H])c3[2H])c3c([2H])c4c(c5c([2H])c([2H])c([2H])c([2H])c35)Oc3c([2H])c([2H])c([2H])c([2H])c3-c3c([2H])c([2H])c([2H])c([2H])c3-4)c([2H])c2[2H])c([2H])c1[2H]. The lowest BCUT2D eigenvalue weighted by Gasteiger charge is -2.29. The van der Waals surface area contributed by atoms with Gasteiger partial charge in [-0.15, -0.1) is 0 Å². The fourth-order valence-electron chi connectivity index (χ4n) is 4.98. The first-order valence-corrected chi connectivity index (χ1v) is 13.8. The third-order valence-electron chi connectivity index (χ3n) is 7.06. The molecule has 48 heavy (non-hydrogen) atoms. The van der Waals surface area contributed by atoms with Crippen LogP contribution in [0.3, 0.4) is 0 Å². The van der Waals surface area contributed by atoms with E-state index < -0.39 is 271 Å². The summed E-state index contributed by atoms with van der Waals surface area (Å²) in [5.41, 5.74) is -10.5. The average molecular weight is 645 g/mol. The summed E-state index contributed by atoms with van der Waals surface area (Å²) in [4.78, 5) is 0.323. The molecule has 0 bridgehead atoms. The van der Waals surface area contributed by atoms with E-state index in [-0.39, 0.29) is 0 Å². The summed E-state index contributed by atoms with van der Waals surface area (Å²) in [6, 6.07) is -33.7. The molecule has 0 spiro atoms. The van der Waals surface area contributed by atoms with E-state index in [1.54, 1.807) is 0 Å². The van der Waals surface area contributed by atoms with Crippen molar-refractivity contribution in [2.24, 2.45) is 0 Å². The van der Waals surface area contributed by atoms with Gasteiger partial charge in [0.05, 0.1) is 48.2 Å². The second kappa shape index (κ2) is 11.8. The molecule has 2 heteroatoms. The van der Waals surface area contributed by atoms with Gasteiger partial charge < -0.3 is 9.64 Å². The molecule has 1 heterocycles. The van der Waals surface area contributed by atoms with Crippen LogP contribution in [0.5, 0.6) is 11.5 Å². The monoisotopic (exact) mass is 644 g/mol. The molecule has 0 aliphatic carbocycles. The molecule has 8 aromatic carbocycles. The number of nitrogens with zero attached hydrogens (tertiary/aromatic N) is 1. The minimum atomic E-state index is -1.33. The van der Waals surface area contributed by atoms with Crippen molar-refractivity contribution < 1.29 is 47.2 Å². The molecule has 0 radical (unpaired) electrons. The molecule has 0 aromatic heterocycles. The summed E-state index contributed by atoms with van der Waals surface area (Å²) in [6.45, 7) is 0. The van der Waals surface area contributed by atoms with Crippen LogP contribution >= 0.6 is 0 Å². The number of para-hydroxylation sites is 1. The first-order valence-electron chi connectivity index (χ1n) is 29.3. The van der Waals surface area contributed by atoms with Crippen LogP contribution in [-0.4, -0.2) is 0 Å². The standard InChI is InChI=1S/C46H31NO/c1-3-13-32(14-4-1)34-23-27-36(28-24-34)47(37-29-25-35(26-30-37)33-15-5-2-6-16-33)44-31-43-39-18-8-7-17-38(39)41-20-11-12-22-45(41)48-46(43)42-21-10-9-19-40(42)44/h1-31H/i1D,2D,3D,4D,5D,6D,7D,8D,9D,10D,11D,12D,13D,14D,15D,16D,17D,18D,19D,20D,21D,22D,23D,24D,25D,26D,27D,28D,29D,30D,31D. The Morgan fingerprint density at radius 1 is 0.375 bits per heavy atom. The van der Waals surface area contributed by atoms with Gasteiger partial charge in [0.2, 0.25) is 0 Å². The quantitative estimate of drug-likeness (QED) is 0.185. The Morgan fingerprint density at radius 3 is 1.40 bits per heavy atom. The summed E-state index contributed by atoms with van der Waals surface area (Å²) in [5, 5.41) is -1.87. The zero-order valence-electron chi connectivity index (χ0n) is 54.9. The number of benzene rings is 8. The number of anilines is 3. The fraction of sp³-hybridized carbons (Fsp3) is 0. The lowest BCUT2D eigenvalue weighted by Crippen LogP contribution is -2.11. The van der Waals surface area contributed by atoms with E-state index >= 15 is 0 Å². The lowest BCUT2D eigenvalue weighted by molar-refractivity contribution is 0.493. The maximum atomic E-state index is 10.3. The molecule has 226 valence electrons. The van der Waals surface area contributed by atoms with Crippen LogP contribution in [0.15, 0.2) is 187 Å². The van der Waals surface area contributed by atoms with Crippen LogP contribution < -0.4 is 9.64 Å². The minimum Gasteiger partial charge on any atom is -0.455 e. The molecule has 0 saturated heterocycles. The molecule has 0 atom stereocenters. The number of ether oxygens (including phenoxy) is 1. The van der Waals surface area contributed by atoms with Gasteiger partial charge in [0.1, 0.15) is 11.5 Å². The second-order valence-electron chi connectivity index (χ2n) is 9.77. The Morgan fingerprint density at radius 2 is 0.812 bits per heavy atom. The Kier molecular flexibility index (Phi) is 2.59. The number of fused-ring (bicyclic) bond motifs is 7. The molecular weight excluding hydrogens is 583 g/mol. The van der Waals surface area contributed by atoms with Gasteiger partial charge in [0, 0.05) is 33.3 Å². The van der Waals surface area contributed by atoms with Crippen molar-refractivity contribution in [1.29, 1.82) is 0 Å². The first-order chi connectivity index (χ1) is 36.7. The maximum Gasteiger partial charge on any atom is 0.143 e. The first kappa shape index (κ1) is 10.6. The highest BCUT2D eigenvalue weighted by Gasteiger charge is 2.26. The Balaban J connectivity index is 1.60. The van der Waals surface area contributed by atoms with Crippen molar-refractivity contribution in [2.75, 3.05) is 4.90 Å². The van der Waals surface area contributed by atoms with Crippen molar-refractivity contribution in [1.82, 2.24) is 0 Å². The largest absolute Gasteiger partial charge is 0.455 e. The number of hydrogen-bond acceptors (Lipinski definition) is 2. The predicted molar refractivity (Wildman–Crippen MR) is 200 cm³/mol. The Bertz CT molecular complexity index is 3940. The second-order valence-corrected chi connectivity index (χ2v) is 9.77. The maximum absolute atomic E-state index is 10.3. The molecule has 1 aliphatic rings. The molecule has 0 unspecified atom stereocenters. The van der Waals surface area contributed by atoms with Crippen molar-refractivity contribution in [3.8, 4) is 56.0 Å². The third-order valence-corrected chi connectivity index (χ3v) is 7.06. The van der Waals surface area contributed by atoms with Gasteiger partial charge >= 0.3 is 0 Å². The Hall–Kier alpha value is -6.38. The van der Waals surface area contributed by atoms with Gasteiger partial charge in [-0.1, -0.05) is 151 Å². The molecule has 0 saturated carbocycles. The zero-order chi connectivity index (χ0) is 58.8. The summed E-state index contributed by atoms with van der Waals surface area (Å²) >= 11 is 0. The van der Waals surface area contributed by atoms with E-state index in [1.165, 1.54) is 0 Å². The molecule has 0 amide bonds. The van der Waals surface area contributed by atoms with E-state index in [0.717, 1.165) is 0 Å². The Labute approximate surface area is 324 Å². The van der Waals surface area contributed by atoms with Crippen LogP contribution in [0.25, 0.3) is 55.3 Å². The number of hydrogen-bond donors (Lipinski definition) is 0. The van der Waals surface area contributed by atoms with Gasteiger partial charge in [-0.2, -0.15) is 0 Å². The lowest BCUT2D eigenvalue weighted by atomic mass is 9.92. The smallest absolute Gasteiger partial charge is 0.143 e. The average Bonchev–Trinajstić information content (AvgIpc) is 3.92. The van der Waals surface area contributed by atoms with Gasteiger partial charge in [0.15, 0.2) is 0 Å². The van der Waals surface area contributed by atoms with Gasteiger partial charge in [0.25, 0.3) is 0 Å². The highest BCUT2D eigenvalue weighted by molar-refractivity contribution is 6.08. The van der Waals surface area contributed by atoms with E-state index in [1.807, 2.05) is 0 Å². The summed E-state index contributed by atoms with van der Waals surface area (Å²) in [6.07, 6.45) is 0. The third kappa shape index (κ3) is 4.83. The molecule has 2 nitrogen and oxygen atoms in total. The highest BCUT2D eigenvalue weighted by atomic mass is 16.5. The summed E-state index contributed by atoms with van der Waals surface area (Å²) in [5.74, 6) is -1.81. The van der Waals surface area contributed by atoms with Crippen molar-refractivity contribution in [3.63, 3.8) is 0 Å². The summed E-state index contributed by atoms with van der Waals surface area (Å²) in [7, 11) is 0. The molecule has 8 aromatic rings. The van der Waals surface area contributed by atoms with Crippen LogP contribution in [0, 0.1) is 0 Å². The van der Waals surface area contributed by atoms with E-state index in [9.17, 15) is 17.8 Å². The van der Waals surface area contributed by atoms with Gasteiger partial charge in [-0.05, 0) is 69.6 Å². The van der Waals surface area contributed by atoms with Crippen LogP contribution in [0.4, 0.5) is 17.1 Å². The van der Waals surface area contributed by atoms with Crippen LogP contribution in [-0.2, 0) is 0 Å². The van der Waals surface area contributed by atoms with E-state index in [2.05, 4.69) is 0 Å². The van der Waals surface area contributed by atoms with Gasteiger partial charge in [-0.25, -0.2) is 0 Å². The van der Waals surface area contributed by atoms with E-state index in [4.69, 9.17) is 29.4 Å². The zero-order valence-corrected chi connectivity index (χ0v) is 23.9. The van der Waals surface area contributed by atoms with Crippen LogP contribution in [0.2, 0.25) is 0 Å². The minimum absolute atomic E-state index is 0.323. The van der Waals surface area contributed by atoms with Crippen LogP contribution in [0.1, 0.15) is 42.5 Å². The number of rotatable bonds is 5. The molecule has 9 rings (SSSR count). The molecular formula is C46H31NO. The summed E-state index contributed by atoms with van der Waals surface area (Å²) < 4.78 is 285. The topological polar surface area (TPSA) is 12.5 Å². The van der Waals surface area contributed by atoms with Crippen molar-refractivity contribution in [2.45, 2.75) is 0 Å². The fourth-order valence-corrected chi connectivity index (χ4v) is 4.98. The van der Waals surface area contributed by atoms with Crippen molar-refractivity contribution >= 4 is 27.8 Å². The molecule has 1 aliphatic heterocycles. The molecule has 0 fully saturated rings. The predicted octanol–water partition coefficient (Wildman–Crippen LogP) is 13.1. The van der Waals surface area contributed by atoms with Crippen molar-refractivity contribution in [3.05, 3.63) is 187 Å². The van der Waals surface area contributed by atoms with E-state index in [0.29, 0.717) is 4.90 Å².